The molecular formula is C29H33N3O7S2. The van der Waals surface area contributed by atoms with E-state index in [-0.39, 0.29) is 43.4 Å². The second-order valence-electron chi connectivity index (χ2n) is 9.75. The van der Waals surface area contributed by atoms with E-state index in [1.54, 1.807) is 17.0 Å². The number of carbonyl (C=O) groups is 3. The fraction of sp³-hybridized carbons (Fsp3) is 0.379. The number of methoxy groups -OCH3 is 2. The zero-order valence-corrected chi connectivity index (χ0v) is 24.9. The number of carbonyl (C=O) groups excluding carboxylic acids is 3. The summed E-state index contributed by atoms with van der Waals surface area (Å²) in [5.41, 5.74) is 2.35. The lowest BCUT2D eigenvalue weighted by molar-refractivity contribution is -0.116. The van der Waals surface area contributed by atoms with E-state index in [2.05, 4.69) is 4.98 Å². The lowest BCUT2D eigenvalue weighted by Gasteiger charge is -2.23. The largest absolute Gasteiger partial charge is 0.496 e. The quantitative estimate of drug-likeness (QED) is 0.274. The minimum atomic E-state index is -3.92. The normalized spacial score (nSPS) is 13.8. The summed E-state index contributed by atoms with van der Waals surface area (Å²) in [5, 5.41) is 2.01. The molecule has 1 fully saturated rings. The highest BCUT2D eigenvalue weighted by molar-refractivity contribution is 7.89. The van der Waals surface area contributed by atoms with Crippen LogP contribution in [0, 0.1) is 6.92 Å². The van der Waals surface area contributed by atoms with Crippen molar-refractivity contribution in [2.24, 2.45) is 0 Å². The van der Waals surface area contributed by atoms with Gasteiger partial charge in [-0.25, -0.2) is 13.4 Å². The first-order valence-electron chi connectivity index (χ1n) is 13.1. The molecule has 10 nitrogen and oxygen atoms in total. The van der Waals surface area contributed by atoms with Gasteiger partial charge in [0.25, 0.3) is 5.91 Å². The first-order valence-corrected chi connectivity index (χ1v) is 15.6. The van der Waals surface area contributed by atoms with Crippen LogP contribution in [0.4, 0.5) is 0 Å². The van der Waals surface area contributed by atoms with Crippen LogP contribution < -0.4 is 9.47 Å². The van der Waals surface area contributed by atoms with Crippen molar-refractivity contribution < 1.29 is 32.3 Å². The maximum absolute atomic E-state index is 13.8. The Morgan fingerprint density at radius 3 is 2.39 bits per heavy atom. The van der Waals surface area contributed by atoms with Gasteiger partial charge in [-0.2, -0.15) is 4.31 Å². The molecule has 12 heteroatoms. The van der Waals surface area contributed by atoms with E-state index in [1.807, 2.05) is 37.3 Å². The van der Waals surface area contributed by atoms with Crippen LogP contribution in [0.25, 0.3) is 0 Å². The van der Waals surface area contributed by atoms with Gasteiger partial charge in [-0.15, -0.1) is 11.3 Å². The minimum Gasteiger partial charge on any atom is -0.496 e. The van der Waals surface area contributed by atoms with Crippen molar-refractivity contribution in [1.29, 1.82) is 0 Å². The number of hydrogen-bond acceptors (Lipinski definition) is 9. The second kappa shape index (κ2) is 13.4. The molecule has 0 radical (unpaired) electrons. The number of amides is 1. The summed E-state index contributed by atoms with van der Waals surface area (Å²) in [6, 6.07) is 13.3. The summed E-state index contributed by atoms with van der Waals surface area (Å²) in [4.78, 5) is 44.1. The number of Topliss-reactive ketones (excluding diaryl/α,β-unsaturated/α-hetero) is 2. The molecule has 0 spiro atoms. The van der Waals surface area contributed by atoms with E-state index in [0.717, 1.165) is 21.9 Å². The lowest BCUT2D eigenvalue weighted by Crippen LogP contribution is -2.34. The number of sulfonamides is 1. The average molecular weight is 600 g/mol. The molecule has 0 bridgehead atoms. The predicted molar refractivity (Wildman–Crippen MR) is 155 cm³/mol. The molecule has 1 aromatic heterocycles. The van der Waals surface area contributed by atoms with Crippen molar-refractivity contribution in [3.8, 4) is 11.5 Å². The third kappa shape index (κ3) is 7.57. The number of aryl methyl sites for hydroxylation is 1. The summed E-state index contributed by atoms with van der Waals surface area (Å²) in [5.74, 6) is -0.773. The Morgan fingerprint density at radius 2 is 1.78 bits per heavy atom. The number of benzene rings is 2. The number of ether oxygens (including phenoxy) is 2. The van der Waals surface area contributed by atoms with E-state index in [0.29, 0.717) is 35.0 Å². The van der Waals surface area contributed by atoms with Gasteiger partial charge in [0, 0.05) is 36.0 Å². The topological polar surface area (TPSA) is 123 Å². The van der Waals surface area contributed by atoms with E-state index < -0.39 is 21.6 Å². The third-order valence-corrected chi connectivity index (χ3v) is 9.44. The number of hydrogen-bond donors (Lipinski definition) is 0. The van der Waals surface area contributed by atoms with Crippen molar-refractivity contribution in [1.82, 2.24) is 14.2 Å². The average Bonchev–Trinajstić information content (AvgIpc) is 3.62. The summed E-state index contributed by atoms with van der Waals surface area (Å²) in [6.45, 7) is 2.29. The molecule has 1 saturated heterocycles. The highest BCUT2D eigenvalue weighted by atomic mass is 32.2. The van der Waals surface area contributed by atoms with Gasteiger partial charge in [0.1, 0.15) is 33.7 Å². The minimum absolute atomic E-state index is 0.0226. The first kappa shape index (κ1) is 30.4. The van der Waals surface area contributed by atoms with E-state index in [9.17, 15) is 22.8 Å². The summed E-state index contributed by atoms with van der Waals surface area (Å²) in [7, 11) is -0.857. The van der Waals surface area contributed by atoms with Gasteiger partial charge < -0.3 is 14.4 Å². The number of ketones is 2. The van der Waals surface area contributed by atoms with Crippen molar-refractivity contribution in [2.75, 3.05) is 39.6 Å². The Balaban J connectivity index is 1.52. The van der Waals surface area contributed by atoms with Gasteiger partial charge in [0.15, 0.2) is 5.78 Å². The molecular weight excluding hydrogens is 566 g/mol. The highest BCUT2D eigenvalue weighted by Gasteiger charge is 2.32. The van der Waals surface area contributed by atoms with Gasteiger partial charge in [-0.05, 0) is 37.5 Å². The van der Waals surface area contributed by atoms with Crippen LogP contribution in [0.2, 0.25) is 0 Å². The molecule has 4 rings (SSSR count). The standard InChI is InChI=1S/C29H33N3O7S2/c1-20-26(38-2)14-22(15-27(20)39-3)29(35)31(12-7-10-21-8-5-4-6-9-21)17-28-30-24(18-40-28)25(34)19-41(36,37)32-13-11-23(33)16-32/h4-6,8-9,14-15,18H,7,10-13,16-17,19H2,1-3H3. The first-order chi connectivity index (χ1) is 19.6. The molecule has 0 N–H and O–H groups in total. The summed E-state index contributed by atoms with van der Waals surface area (Å²) in [6.07, 6.45) is 1.62. The maximum Gasteiger partial charge on any atom is 0.254 e. The van der Waals surface area contributed by atoms with E-state index >= 15 is 0 Å². The maximum atomic E-state index is 13.8. The van der Waals surface area contributed by atoms with Crippen molar-refractivity contribution in [2.45, 2.75) is 32.7 Å². The van der Waals surface area contributed by atoms with Crippen molar-refractivity contribution >= 4 is 38.8 Å². The van der Waals surface area contributed by atoms with Gasteiger partial charge >= 0.3 is 0 Å². The SMILES string of the molecule is COc1cc(C(=O)N(CCCc2ccccc2)Cc2nc(C(=O)CS(=O)(=O)N3CCC(=O)C3)cs2)cc(OC)c1C. The fourth-order valence-electron chi connectivity index (χ4n) is 4.61. The smallest absolute Gasteiger partial charge is 0.254 e. The molecule has 2 aromatic carbocycles. The summed E-state index contributed by atoms with van der Waals surface area (Å²) >= 11 is 1.19. The number of nitrogens with zero attached hydrogens (tertiary/aromatic N) is 3. The van der Waals surface area contributed by atoms with Crippen LogP contribution in [-0.4, -0.2) is 79.7 Å². The molecule has 1 aliphatic heterocycles. The van der Waals surface area contributed by atoms with E-state index in [4.69, 9.17) is 9.47 Å². The Labute approximate surface area is 244 Å². The van der Waals surface area contributed by atoms with Crippen LogP contribution in [-0.2, 0) is 27.8 Å². The van der Waals surface area contributed by atoms with Crippen LogP contribution in [0.15, 0.2) is 47.8 Å². The lowest BCUT2D eigenvalue weighted by atomic mass is 10.1. The second-order valence-corrected chi connectivity index (χ2v) is 12.7. The highest BCUT2D eigenvalue weighted by Crippen LogP contribution is 2.30. The van der Waals surface area contributed by atoms with Crippen LogP contribution in [0.3, 0.4) is 0 Å². The van der Waals surface area contributed by atoms with Gasteiger partial charge in [-0.3, -0.25) is 14.4 Å². The molecule has 3 aromatic rings. The van der Waals surface area contributed by atoms with Crippen LogP contribution >= 0.6 is 11.3 Å². The molecule has 41 heavy (non-hydrogen) atoms. The molecule has 0 atom stereocenters. The number of thiazole rings is 1. The molecule has 0 unspecified atom stereocenters. The van der Waals surface area contributed by atoms with Crippen LogP contribution in [0.1, 0.15) is 49.8 Å². The van der Waals surface area contributed by atoms with Crippen LogP contribution in [0.5, 0.6) is 11.5 Å². The fourth-order valence-corrected chi connectivity index (χ4v) is 6.80. The number of rotatable bonds is 13. The Morgan fingerprint density at radius 1 is 1.10 bits per heavy atom. The van der Waals surface area contributed by atoms with Gasteiger partial charge in [-0.1, -0.05) is 30.3 Å². The Bertz CT molecular complexity index is 1500. The Kier molecular flexibility index (Phi) is 9.90. The summed E-state index contributed by atoms with van der Waals surface area (Å²) < 4.78 is 37.2. The van der Waals surface area contributed by atoms with Gasteiger partial charge in [0.2, 0.25) is 10.0 Å². The third-order valence-electron chi connectivity index (χ3n) is 6.89. The van der Waals surface area contributed by atoms with Crippen molar-refractivity contribution in [3.05, 3.63) is 75.2 Å². The van der Waals surface area contributed by atoms with Crippen molar-refractivity contribution in [3.63, 3.8) is 0 Å². The zero-order valence-electron chi connectivity index (χ0n) is 23.3. The number of aromatic nitrogens is 1. The monoisotopic (exact) mass is 599 g/mol. The zero-order chi connectivity index (χ0) is 29.6. The predicted octanol–water partition coefficient (Wildman–Crippen LogP) is 3.53. The molecule has 1 amide bonds. The van der Waals surface area contributed by atoms with E-state index in [1.165, 1.54) is 30.9 Å². The molecule has 2 heterocycles. The van der Waals surface area contributed by atoms with Gasteiger partial charge in [0.05, 0.1) is 27.3 Å². The molecule has 0 saturated carbocycles. The Hall–Kier alpha value is -3.61. The molecule has 1 aliphatic rings. The molecule has 218 valence electrons. The molecule has 0 aliphatic carbocycles.